The maximum atomic E-state index is 11.8. The van der Waals surface area contributed by atoms with E-state index in [1.54, 1.807) is 4.57 Å². The highest BCUT2D eigenvalue weighted by Gasteiger charge is 2.30. The lowest BCUT2D eigenvalue weighted by Crippen LogP contribution is -2.13. The van der Waals surface area contributed by atoms with Crippen LogP contribution in [0.2, 0.25) is 0 Å². The lowest BCUT2D eigenvalue weighted by atomic mass is 10.3. The van der Waals surface area contributed by atoms with E-state index >= 15 is 0 Å². The van der Waals surface area contributed by atoms with Crippen molar-refractivity contribution in [3.8, 4) is 0 Å². The Morgan fingerprint density at radius 2 is 2.21 bits per heavy atom. The summed E-state index contributed by atoms with van der Waals surface area (Å²) in [6.45, 7) is 1.91. The number of rotatable bonds is 0. The van der Waals surface area contributed by atoms with Gasteiger partial charge >= 0.3 is 0 Å². The number of nitrogens with zero attached hydrogens (tertiary/aromatic N) is 2. The third-order valence-electron chi connectivity index (χ3n) is 2.38. The van der Waals surface area contributed by atoms with Gasteiger partial charge < -0.3 is 0 Å². The summed E-state index contributed by atoms with van der Waals surface area (Å²) in [5.74, 6) is 0.138. The average Bonchev–Trinajstić information content (AvgIpc) is 2.65. The first-order valence-corrected chi connectivity index (χ1v) is 5.34. The van der Waals surface area contributed by atoms with Crippen molar-refractivity contribution < 1.29 is 4.79 Å². The van der Waals surface area contributed by atoms with E-state index in [0.717, 1.165) is 16.2 Å². The fraction of sp³-hybridized carbons (Fsp3) is 0.200. The molecule has 2 aromatic rings. The minimum absolute atomic E-state index is 0.00195. The molecule has 0 bridgehead atoms. The molecule has 0 saturated carbocycles. The molecule has 0 saturated heterocycles. The van der Waals surface area contributed by atoms with Gasteiger partial charge in [-0.05, 0) is 19.1 Å². The van der Waals surface area contributed by atoms with E-state index in [4.69, 9.17) is 0 Å². The van der Waals surface area contributed by atoms with Gasteiger partial charge in [0.2, 0.25) is 5.91 Å². The maximum Gasteiger partial charge on any atom is 0.246 e. The zero-order valence-corrected chi connectivity index (χ0v) is 8.41. The molecule has 3 nitrogen and oxygen atoms in total. The molecule has 3 rings (SSSR count). The highest BCUT2D eigenvalue weighted by Crippen LogP contribution is 2.34. The monoisotopic (exact) mass is 204 g/mol. The second-order valence-electron chi connectivity index (χ2n) is 3.32. The Balaban J connectivity index is 2.38. The molecule has 1 aromatic carbocycles. The smallest absolute Gasteiger partial charge is 0.246 e. The van der Waals surface area contributed by atoms with Crippen molar-refractivity contribution in [2.45, 2.75) is 17.3 Å². The van der Waals surface area contributed by atoms with Crippen LogP contribution in [0.25, 0.3) is 11.0 Å². The largest absolute Gasteiger partial charge is 0.273 e. The summed E-state index contributed by atoms with van der Waals surface area (Å²) in [6.07, 6.45) is 0. The van der Waals surface area contributed by atoms with Crippen LogP contribution >= 0.6 is 11.8 Å². The molecule has 0 aliphatic carbocycles. The topological polar surface area (TPSA) is 34.9 Å². The molecule has 1 atom stereocenters. The number of fused-ring (bicyclic) bond motifs is 3. The van der Waals surface area contributed by atoms with Crippen molar-refractivity contribution in [1.29, 1.82) is 0 Å². The van der Waals surface area contributed by atoms with Crippen molar-refractivity contribution in [3.63, 3.8) is 0 Å². The third kappa shape index (κ3) is 0.889. The van der Waals surface area contributed by atoms with Gasteiger partial charge in [-0.1, -0.05) is 23.9 Å². The Kier molecular flexibility index (Phi) is 1.50. The van der Waals surface area contributed by atoms with E-state index in [9.17, 15) is 4.79 Å². The Morgan fingerprint density at radius 3 is 3.07 bits per heavy atom. The molecule has 0 fully saturated rings. The fourth-order valence-electron chi connectivity index (χ4n) is 1.69. The van der Waals surface area contributed by atoms with Crippen molar-refractivity contribution >= 4 is 28.7 Å². The Morgan fingerprint density at radius 1 is 1.43 bits per heavy atom. The van der Waals surface area contributed by atoms with Gasteiger partial charge in [-0.15, -0.1) is 0 Å². The van der Waals surface area contributed by atoms with Gasteiger partial charge in [0.05, 0.1) is 16.3 Å². The molecule has 1 aromatic heterocycles. The van der Waals surface area contributed by atoms with Crippen LogP contribution in [-0.2, 0) is 0 Å². The molecule has 1 aliphatic rings. The Labute approximate surface area is 85.1 Å². The Hall–Kier alpha value is -1.29. The number of carbonyl (C=O) groups excluding carboxylic acids is 1. The quantitative estimate of drug-likeness (QED) is 0.659. The molecule has 1 aliphatic heterocycles. The number of carbonyl (C=O) groups is 1. The molecule has 14 heavy (non-hydrogen) atoms. The minimum Gasteiger partial charge on any atom is -0.273 e. The van der Waals surface area contributed by atoms with E-state index < -0.39 is 0 Å². The molecule has 2 heterocycles. The van der Waals surface area contributed by atoms with Crippen LogP contribution in [0.4, 0.5) is 0 Å². The van der Waals surface area contributed by atoms with Crippen LogP contribution in [0.15, 0.2) is 29.4 Å². The number of benzene rings is 1. The summed E-state index contributed by atoms with van der Waals surface area (Å²) < 4.78 is 1.71. The number of hydrogen-bond donors (Lipinski definition) is 0. The average molecular weight is 204 g/mol. The van der Waals surface area contributed by atoms with Crippen molar-refractivity contribution in [3.05, 3.63) is 24.3 Å². The molecular weight excluding hydrogens is 196 g/mol. The lowest BCUT2D eigenvalue weighted by Gasteiger charge is -1.98. The first-order chi connectivity index (χ1) is 6.77. The van der Waals surface area contributed by atoms with E-state index in [1.807, 2.05) is 31.2 Å². The molecule has 4 heteroatoms. The number of thioether (sulfide) groups is 1. The molecule has 0 spiro atoms. The van der Waals surface area contributed by atoms with Gasteiger partial charge in [0.15, 0.2) is 5.16 Å². The van der Waals surface area contributed by atoms with Gasteiger partial charge in [0.25, 0.3) is 0 Å². The molecular formula is C10H8N2OS. The first-order valence-electron chi connectivity index (χ1n) is 4.46. The fourth-order valence-corrected chi connectivity index (χ4v) is 2.65. The molecule has 0 radical (unpaired) electrons. The summed E-state index contributed by atoms with van der Waals surface area (Å²) >= 11 is 1.53. The van der Waals surface area contributed by atoms with E-state index in [1.165, 1.54) is 11.8 Å². The molecule has 0 amide bonds. The maximum absolute atomic E-state index is 11.8. The summed E-state index contributed by atoms with van der Waals surface area (Å²) in [7, 11) is 0. The van der Waals surface area contributed by atoms with Crippen molar-refractivity contribution in [2.75, 3.05) is 0 Å². The van der Waals surface area contributed by atoms with E-state index in [2.05, 4.69) is 4.98 Å². The Bertz CT molecular complexity index is 532. The number of aromatic nitrogens is 2. The zero-order valence-electron chi connectivity index (χ0n) is 7.60. The van der Waals surface area contributed by atoms with Gasteiger partial charge in [0, 0.05) is 0 Å². The summed E-state index contributed by atoms with van der Waals surface area (Å²) in [5.41, 5.74) is 1.82. The SMILES string of the molecule is C[C@@H]1Sc2nc3ccccc3n2C1=O. The lowest BCUT2D eigenvalue weighted by molar-refractivity contribution is 0.0919. The number of para-hydroxylation sites is 2. The molecule has 70 valence electrons. The highest BCUT2D eigenvalue weighted by atomic mass is 32.2. The first kappa shape index (κ1) is 8.05. The minimum atomic E-state index is 0.00195. The van der Waals surface area contributed by atoms with E-state index in [-0.39, 0.29) is 11.2 Å². The van der Waals surface area contributed by atoms with Crippen molar-refractivity contribution in [1.82, 2.24) is 9.55 Å². The van der Waals surface area contributed by atoms with Crippen molar-refractivity contribution in [2.24, 2.45) is 0 Å². The highest BCUT2D eigenvalue weighted by molar-refractivity contribution is 8.00. The van der Waals surface area contributed by atoms with Crippen LogP contribution in [0.3, 0.4) is 0 Å². The predicted octanol–water partition coefficient (Wildman–Crippen LogP) is 2.17. The van der Waals surface area contributed by atoms with Gasteiger partial charge in [0.1, 0.15) is 0 Å². The third-order valence-corrected chi connectivity index (χ3v) is 3.42. The zero-order chi connectivity index (χ0) is 9.71. The van der Waals surface area contributed by atoms with Crippen LogP contribution < -0.4 is 0 Å². The van der Waals surface area contributed by atoms with Crippen LogP contribution in [0.5, 0.6) is 0 Å². The van der Waals surface area contributed by atoms with Gasteiger partial charge in [-0.2, -0.15) is 0 Å². The van der Waals surface area contributed by atoms with Gasteiger partial charge in [-0.3, -0.25) is 9.36 Å². The van der Waals surface area contributed by atoms with Crippen LogP contribution in [0, 0.1) is 0 Å². The standard InChI is InChI=1S/C10H8N2OS/c1-6-9(13)12-8-5-3-2-4-7(8)11-10(12)14-6/h2-6H,1H3/t6-/m0/s1. The summed E-state index contributed by atoms with van der Waals surface area (Å²) in [5, 5.41) is 0.825. The number of imidazole rings is 1. The second-order valence-corrected chi connectivity index (χ2v) is 4.62. The molecule has 0 N–H and O–H groups in total. The summed E-state index contributed by atoms with van der Waals surface area (Å²) in [4.78, 5) is 16.2. The van der Waals surface area contributed by atoms with Crippen LogP contribution in [0.1, 0.15) is 11.7 Å². The van der Waals surface area contributed by atoms with Gasteiger partial charge in [-0.25, -0.2) is 4.98 Å². The summed E-state index contributed by atoms with van der Waals surface area (Å²) in [6, 6.07) is 7.73. The van der Waals surface area contributed by atoms with E-state index in [0.29, 0.717) is 0 Å². The number of hydrogen-bond acceptors (Lipinski definition) is 3. The van der Waals surface area contributed by atoms with Crippen LogP contribution in [-0.4, -0.2) is 20.7 Å². The second kappa shape index (κ2) is 2.60. The predicted molar refractivity (Wildman–Crippen MR) is 55.7 cm³/mol. The molecule has 0 unspecified atom stereocenters. The normalized spacial score (nSPS) is 20.4.